The molecule has 6 nitrogen and oxygen atoms in total. The van der Waals surface area contributed by atoms with Crippen molar-refractivity contribution in [1.82, 2.24) is 10.6 Å². The highest BCUT2D eigenvalue weighted by molar-refractivity contribution is 14.0. The van der Waals surface area contributed by atoms with Crippen LogP contribution in [-0.2, 0) is 0 Å². The molecule has 2 atom stereocenters. The average molecular weight is 538 g/mol. The number of benzene rings is 2. The van der Waals surface area contributed by atoms with Crippen molar-refractivity contribution in [2.45, 2.75) is 32.2 Å². The Morgan fingerprint density at radius 3 is 2.48 bits per heavy atom. The number of hydrogen-bond acceptors (Lipinski definition) is 4. The van der Waals surface area contributed by atoms with Crippen LogP contribution in [0.2, 0.25) is 0 Å². The van der Waals surface area contributed by atoms with E-state index in [9.17, 15) is 0 Å². The summed E-state index contributed by atoms with van der Waals surface area (Å²) in [7, 11) is 3.44. The summed E-state index contributed by atoms with van der Waals surface area (Å²) in [5.41, 5.74) is 2.33. The van der Waals surface area contributed by atoms with Gasteiger partial charge in [0.05, 0.1) is 19.9 Å². The van der Waals surface area contributed by atoms with Crippen LogP contribution in [0.25, 0.3) is 0 Å². The molecule has 2 N–H and O–H groups in total. The van der Waals surface area contributed by atoms with Crippen molar-refractivity contribution in [3.05, 3.63) is 54.1 Å². The van der Waals surface area contributed by atoms with Gasteiger partial charge in [-0.05, 0) is 37.1 Å². The lowest BCUT2D eigenvalue weighted by Crippen LogP contribution is -2.44. The summed E-state index contributed by atoms with van der Waals surface area (Å²) in [6.45, 7) is 7.72. The smallest absolute Gasteiger partial charge is 0.191 e. The number of hydrogen-bond donors (Lipinski definition) is 2. The highest BCUT2D eigenvalue weighted by Crippen LogP contribution is 2.30. The lowest BCUT2D eigenvalue weighted by Gasteiger charge is -2.22. The third-order valence-electron chi connectivity index (χ3n) is 5.49. The normalized spacial score (nSPS) is 17.0. The van der Waals surface area contributed by atoms with Crippen LogP contribution in [0.3, 0.4) is 0 Å². The number of para-hydroxylation sites is 3. The van der Waals surface area contributed by atoms with Gasteiger partial charge in [0.25, 0.3) is 0 Å². The fourth-order valence-corrected chi connectivity index (χ4v) is 3.90. The van der Waals surface area contributed by atoms with Gasteiger partial charge in [0.2, 0.25) is 0 Å². The van der Waals surface area contributed by atoms with E-state index in [0.717, 1.165) is 49.2 Å². The number of methoxy groups -OCH3 is 2. The molecule has 3 rings (SSSR count). The molecule has 170 valence electrons. The average Bonchev–Trinajstić information content (AvgIpc) is 3.25. The molecular weight excluding hydrogens is 503 g/mol. The van der Waals surface area contributed by atoms with E-state index in [4.69, 9.17) is 14.5 Å². The van der Waals surface area contributed by atoms with Gasteiger partial charge in [0.15, 0.2) is 5.96 Å². The predicted octanol–water partition coefficient (Wildman–Crippen LogP) is 4.26. The summed E-state index contributed by atoms with van der Waals surface area (Å²) in [5.74, 6) is 2.97. The Hall–Kier alpha value is -2.16. The van der Waals surface area contributed by atoms with Crippen molar-refractivity contribution in [3.8, 4) is 11.5 Å². The topological polar surface area (TPSA) is 58.1 Å². The molecule has 0 aromatic heterocycles. The van der Waals surface area contributed by atoms with E-state index < -0.39 is 0 Å². The van der Waals surface area contributed by atoms with Crippen LogP contribution in [0, 0.1) is 0 Å². The second-order valence-electron chi connectivity index (χ2n) is 7.61. The molecule has 1 aliphatic rings. The molecule has 0 amide bonds. The van der Waals surface area contributed by atoms with Crippen molar-refractivity contribution in [3.63, 3.8) is 0 Å². The maximum absolute atomic E-state index is 5.53. The number of anilines is 1. The number of aliphatic imine (C=N–C) groups is 1. The zero-order chi connectivity index (χ0) is 21.3. The summed E-state index contributed by atoms with van der Waals surface area (Å²) in [6, 6.07) is 16.7. The first-order valence-corrected chi connectivity index (χ1v) is 10.7. The van der Waals surface area contributed by atoms with Crippen molar-refractivity contribution in [1.29, 1.82) is 0 Å². The molecule has 0 saturated carbocycles. The van der Waals surface area contributed by atoms with Crippen LogP contribution in [0.1, 0.15) is 31.7 Å². The number of nitrogens with zero attached hydrogens (tertiary/aromatic N) is 2. The summed E-state index contributed by atoms with van der Waals surface area (Å²) >= 11 is 0. The first kappa shape index (κ1) is 25.1. The third kappa shape index (κ3) is 6.66. The van der Waals surface area contributed by atoms with Crippen LogP contribution in [0.4, 0.5) is 5.69 Å². The number of nitrogens with one attached hydrogen (secondary N) is 2. The van der Waals surface area contributed by atoms with Gasteiger partial charge >= 0.3 is 0 Å². The maximum Gasteiger partial charge on any atom is 0.191 e. The first-order valence-electron chi connectivity index (χ1n) is 10.7. The molecule has 2 unspecified atom stereocenters. The van der Waals surface area contributed by atoms with Gasteiger partial charge in [-0.15, -0.1) is 24.0 Å². The standard InChI is InChI=1S/C24H34N4O2.HI/c1-5-25-24(26-16-18(2)20-10-6-8-12-22(20)29-3)27-19-14-15-28(17-19)21-11-7-9-13-23(21)30-4;/h6-13,18-19H,5,14-17H2,1-4H3,(H2,25,26,27);1H. The number of guanidine groups is 1. The van der Waals surface area contributed by atoms with Crippen molar-refractivity contribution < 1.29 is 9.47 Å². The highest BCUT2D eigenvalue weighted by Gasteiger charge is 2.25. The van der Waals surface area contributed by atoms with Crippen LogP contribution < -0.4 is 25.0 Å². The fraction of sp³-hybridized carbons (Fsp3) is 0.458. The van der Waals surface area contributed by atoms with Gasteiger partial charge in [-0.3, -0.25) is 4.99 Å². The third-order valence-corrected chi connectivity index (χ3v) is 5.49. The minimum Gasteiger partial charge on any atom is -0.496 e. The molecule has 2 aromatic carbocycles. The zero-order valence-electron chi connectivity index (χ0n) is 18.9. The molecule has 31 heavy (non-hydrogen) atoms. The van der Waals surface area contributed by atoms with E-state index in [0.29, 0.717) is 12.6 Å². The van der Waals surface area contributed by atoms with E-state index in [1.807, 2.05) is 30.3 Å². The Labute approximate surface area is 203 Å². The van der Waals surface area contributed by atoms with Crippen LogP contribution in [0.15, 0.2) is 53.5 Å². The minimum absolute atomic E-state index is 0. The monoisotopic (exact) mass is 538 g/mol. The van der Waals surface area contributed by atoms with E-state index in [-0.39, 0.29) is 29.9 Å². The largest absolute Gasteiger partial charge is 0.496 e. The van der Waals surface area contributed by atoms with Gasteiger partial charge in [0, 0.05) is 38.1 Å². The quantitative estimate of drug-likeness (QED) is 0.299. The van der Waals surface area contributed by atoms with Crippen molar-refractivity contribution in [2.24, 2.45) is 4.99 Å². The van der Waals surface area contributed by atoms with Gasteiger partial charge < -0.3 is 25.0 Å². The van der Waals surface area contributed by atoms with Crippen LogP contribution >= 0.6 is 24.0 Å². The van der Waals surface area contributed by atoms with Gasteiger partial charge in [-0.1, -0.05) is 37.3 Å². The van der Waals surface area contributed by atoms with E-state index in [2.05, 4.69) is 47.6 Å². The Bertz CT molecular complexity index is 846. The van der Waals surface area contributed by atoms with Gasteiger partial charge in [-0.2, -0.15) is 0 Å². The zero-order valence-corrected chi connectivity index (χ0v) is 21.3. The van der Waals surface area contributed by atoms with Crippen LogP contribution in [0.5, 0.6) is 11.5 Å². The minimum atomic E-state index is 0. The molecule has 0 bridgehead atoms. The summed E-state index contributed by atoms with van der Waals surface area (Å²) in [5, 5.41) is 7.00. The molecule has 0 aliphatic carbocycles. The molecule has 2 aromatic rings. The second-order valence-corrected chi connectivity index (χ2v) is 7.61. The Kier molecular flexibility index (Phi) is 10.2. The summed E-state index contributed by atoms with van der Waals surface area (Å²) < 4.78 is 11.0. The predicted molar refractivity (Wildman–Crippen MR) is 140 cm³/mol. The molecule has 1 heterocycles. The molecule has 1 aliphatic heterocycles. The molecule has 0 radical (unpaired) electrons. The summed E-state index contributed by atoms with van der Waals surface area (Å²) in [4.78, 5) is 7.23. The van der Waals surface area contributed by atoms with Gasteiger partial charge in [0.1, 0.15) is 11.5 Å². The Morgan fingerprint density at radius 1 is 1.10 bits per heavy atom. The van der Waals surface area contributed by atoms with Crippen LogP contribution in [-0.4, -0.2) is 52.4 Å². The summed E-state index contributed by atoms with van der Waals surface area (Å²) in [6.07, 6.45) is 1.06. The van der Waals surface area contributed by atoms with Crippen molar-refractivity contribution in [2.75, 3.05) is 45.3 Å². The molecular formula is C24H35IN4O2. The fourth-order valence-electron chi connectivity index (χ4n) is 3.90. The number of ether oxygens (including phenoxy) is 2. The van der Waals surface area contributed by atoms with E-state index >= 15 is 0 Å². The lowest BCUT2D eigenvalue weighted by atomic mass is 10.0. The maximum atomic E-state index is 5.53. The second kappa shape index (κ2) is 12.6. The Balaban J connectivity index is 0.00000341. The van der Waals surface area contributed by atoms with E-state index in [1.165, 1.54) is 5.56 Å². The molecule has 7 heteroatoms. The number of rotatable bonds is 8. The lowest BCUT2D eigenvalue weighted by molar-refractivity contribution is 0.406. The van der Waals surface area contributed by atoms with Gasteiger partial charge in [-0.25, -0.2) is 0 Å². The Morgan fingerprint density at radius 2 is 1.77 bits per heavy atom. The molecule has 1 saturated heterocycles. The molecule has 1 fully saturated rings. The van der Waals surface area contributed by atoms with E-state index in [1.54, 1.807) is 14.2 Å². The highest BCUT2D eigenvalue weighted by atomic mass is 127. The van der Waals surface area contributed by atoms with Crippen molar-refractivity contribution >= 4 is 35.6 Å². The first-order chi connectivity index (χ1) is 14.7. The number of halogens is 1. The SMILES string of the molecule is CCNC(=NCC(C)c1ccccc1OC)NC1CCN(c2ccccc2OC)C1.I. The molecule has 0 spiro atoms.